The molecule has 0 aromatic heterocycles. The quantitative estimate of drug-likeness (QED) is 0.882. The third-order valence-electron chi connectivity index (χ3n) is 3.55. The minimum atomic E-state index is -0.922. The van der Waals surface area contributed by atoms with E-state index >= 15 is 0 Å². The maximum Gasteiger partial charge on any atom is 0.325 e. The van der Waals surface area contributed by atoms with Gasteiger partial charge in [-0.15, -0.1) is 0 Å². The minimum Gasteiger partial charge on any atom is -0.480 e. The van der Waals surface area contributed by atoms with Gasteiger partial charge in [-0.2, -0.15) is 0 Å². The molecular weight excluding hydrogens is 285 g/mol. The van der Waals surface area contributed by atoms with Crippen LogP contribution in [0.3, 0.4) is 0 Å². The molecule has 1 aliphatic carbocycles. The van der Waals surface area contributed by atoms with Crippen LogP contribution >= 0.6 is 23.2 Å². The van der Waals surface area contributed by atoms with Crippen LogP contribution in [-0.4, -0.2) is 17.1 Å². The average Bonchev–Trinajstić information content (AvgIpc) is 2.40. The zero-order valence-electron chi connectivity index (χ0n) is 10.5. The average molecular weight is 302 g/mol. The zero-order valence-corrected chi connectivity index (χ0v) is 12.0. The van der Waals surface area contributed by atoms with Crippen LogP contribution in [0.2, 0.25) is 10.0 Å². The topological polar surface area (TPSA) is 49.3 Å². The van der Waals surface area contributed by atoms with Gasteiger partial charge in [0.1, 0.15) is 6.04 Å². The van der Waals surface area contributed by atoms with Gasteiger partial charge >= 0.3 is 5.97 Å². The van der Waals surface area contributed by atoms with Crippen molar-refractivity contribution in [1.82, 2.24) is 5.32 Å². The molecule has 0 saturated heterocycles. The van der Waals surface area contributed by atoms with Crippen molar-refractivity contribution in [3.8, 4) is 0 Å². The number of aliphatic carboxylic acids is 1. The molecule has 1 atom stereocenters. The lowest BCUT2D eigenvalue weighted by Crippen LogP contribution is -2.38. The van der Waals surface area contributed by atoms with E-state index in [9.17, 15) is 9.90 Å². The van der Waals surface area contributed by atoms with Crippen LogP contribution in [0, 0.1) is 0 Å². The summed E-state index contributed by atoms with van der Waals surface area (Å²) in [5.74, 6) is -0.922. The highest BCUT2D eigenvalue weighted by Crippen LogP contribution is 2.31. The molecule has 2 rings (SSSR count). The predicted octanol–water partition coefficient (Wildman–Crippen LogP) is 4.04. The molecule has 0 bridgehead atoms. The highest BCUT2D eigenvalue weighted by Gasteiger charge is 2.26. The van der Waals surface area contributed by atoms with Gasteiger partial charge < -0.3 is 5.11 Å². The van der Waals surface area contributed by atoms with Crippen molar-refractivity contribution >= 4 is 29.2 Å². The SMILES string of the molecule is O=C(O)C(NC1CCCCC1)c1cccc(Cl)c1Cl. The Kier molecular flexibility index (Phi) is 5.08. The van der Waals surface area contributed by atoms with E-state index < -0.39 is 12.0 Å². The standard InChI is InChI=1S/C14H17Cl2NO2/c15-11-8-4-7-10(12(11)16)13(14(18)19)17-9-5-2-1-3-6-9/h4,7-9,13,17H,1-3,5-6H2,(H,18,19). The summed E-state index contributed by atoms with van der Waals surface area (Å²) in [5.41, 5.74) is 0.534. The summed E-state index contributed by atoms with van der Waals surface area (Å²) in [5, 5.41) is 13.3. The fraction of sp³-hybridized carbons (Fsp3) is 0.500. The molecule has 1 aromatic rings. The molecule has 5 heteroatoms. The Labute approximate surface area is 122 Å². The number of nitrogens with one attached hydrogen (secondary N) is 1. The number of carbonyl (C=O) groups is 1. The van der Waals surface area contributed by atoms with Gasteiger partial charge in [-0.25, -0.2) is 0 Å². The summed E-state index contributed by atoms with van der Waals surface area (Å²) in [6.07, 6.45) is 5.55. The highest BCUT2D eigenvalue weighted by atomic mass is 35.5. The van der Waals surface area contributed by atoms with Crippen LogP contribution < -0.4 is 5.32 Å². The third kappa shape index (κ3) is 3.62. The van der Waals surface area contributed by atoms with E-state index in [-0.39, 0.29) is 6.04 Å². The van der Waals surface area contributed by atoms with E-state index in [0.717, 1.165) is 25.7 Å². The molecule has 1 saturated carbocycles. The number of carboxylic acid groups (broad SMARTS) is 1. The lowest BCUT2D eigenvalue weighted by molar-refractivity contribution is -0.140. The van der Waals surface area contributed by atoms with Crippen LogP contribution in [0.25, 0.3) is 0 Å². The summed E-state index contributed by atoms with van der Waals surface area (Å²) < 4.78 is 0. The van der Waals surface area contributed by atoms with E-state index in [2.05, 4.69) is 5.32 Å². The second kappa shape index (κ2) is 6.60. The molecular formula is C14H17Cl2NO2. The molecule has 3 nitrogen and oxygen atoms in total. The van der Waals surface area contributed by atoms with Crippen molar-refractivity contribution in [3.63, 3.8) is 0 Å². The summed E-state index contributed by atoms with van der Waals surface area (Å²) >= 11 is 12.1. The van der Waals surface area contributed by atoms with E-state index in [1.807, 2.05) is 0 Å². The van der Waals surface area contributed by atoms with E-state index in [0.29, 0.717) is 15.6 Å². The lowest BCUT2D eigenvalue weighted by atomic mass is 9.94. The predicted molar refractivity (Wildman–Crippen MR) is 76.8 cm³/mol. The Morgan fingerprint density at radius 1 is 1.26 bits per heavy atom. The maximum absolute atomic E-state index is 11.5. The maximum atomic E-state index is 11.5. The first kappa shape index (κ1) is 14.6. The van der Waals surface area contributed by atoms with Gasteiger partial charge in [0.05, 0.1) is 10.0 Å². The molecule has 1 aromatic carbocycles. The van der Waals surface area contributed by atoms with Gasteiger partial charge in [0.25, 0.3) is 0 Å². The van der Waals surface area contributed by atoms with Crippen molar-refractivity contribution in [2.24, 2.45) is 0 Å². The molecule has 1 fully saturated rings. The molecule has 0 heterocycles. The Morgan fingerprint density at radius 2 is 1.95 bits per heavy atom. The fourth-order valence-corrected chi connectivity index (χ4v) is 2.96. The Bertz CT molecular complexity index is 459. The monoisotopic (exact) mass is 301 g/mol. The first-order chi connectivity index (χ1) is 9.09. The minimum absolute atomic E-state index is 0.241. The summed E-state index contributed by atoms with van der Waals surface area (Å²) in [6, 6.07) is 4.54. The Hall–Kier alpha value is -0.770. The van der Waals surface area contributed by atoms with Gasteiger partial charge in [-0.3, -0.25) is 10.1 Å². The lowest BCUT2D eigenvalue weighted by Gasteiger charge is -2.27. The molecule has 2 N–H and O–H groups in total. The number of hydrogen-bond donors (Lipinski definition) is 2. The van der Waals surface area contributed by atoms with Crippen molar-refractivity contribution in [1.29, 1.82) is 0 Å². The molecule has 0 spiro atoms. The third-order valence-corrected chi connectivity index (χ3v) is 4.38. The first-order valence-corrected chi connectivity index (χ1v) is 7.28. The Balaban J connectivity index is 2.19. The van der Waals surface area contributed by atoms with E-state index in [1.165, 1.54) is 6.42 Å². The van der Waals surface area contributed by atoms with Gasteiger partial charge in [0, 0.05) is 11.6 Å². The van der Waals surface area contributed by atoms with Crippen LogP contribution in [0.4, 0.5) is 0 Å². The highest BCUT2D eigenvalue weighted by molar-refractivity contribution is 6.42. The normalized spacial score (nSPS) is 18.2. The number of hydrogen-bond acceptors (Lipinski definition) is 2. The number of rotatable bonds is 4. The molecule has 0 radical (unpaired) electrons. The first-order valence-electron chi connectivity index (χ1n) is 6.52. The van der Waals surface area contributed by atoms with Crippen molar-refractivity contribution in [3.05, 3.63) is 33.8 Å². The molecule has 0 amide bonds. The fourth-order valence-electron chi connectivity index (χ4n) is 2.54. The number of halogens is 2. The van der Waals surface area contributed by atoms with Gasteiger partial charge in [-0.05, 0) is 18.9 Å². The summed E-state index contributed by atoms with van der Waals surface area (Å²) in [4.78, 5) is 11.5. The van der Waals surface area contributed by atoms with Crippen molar-refractivity contribution < 1.29 is 9.90 Å². The van der Waals surface area contributed by atoms with Gasteiger partial charge in [0.15, 0.2) is 0 Å². The van der Waals surface area contributed by atoms with E-state index in [1.54, 1.807) is 18.2 Å². The Morgan fingerprint density at radius 3 is 2.58 bits per heavy atom. The summed E-state index contributed by atoms with van der Waals surface area (Å²) in [7, 11) is 0. The van der Waals surface area contributed by atoms with Gasteiger partial charge in [0.2, 0.25) is 0 Å². The number of benzene rings is 1. The van der Waals surface area contributed by atoms with Crippen LogP contribution in [-0.2, 0) is 4.79 Å². The number of carboxylic acids is 1. The largest absolute Gasteiger partial charge is 0.480 e. The van der Waals surface area contributed by atoms with Crippen LogP contribution in [0.15, 0.2) is 18.2 Å². The van der Waals surface area contributed by atoms with Crippen molar-refractivity contribution in [2.75, 3.05) is 0 Å². The second-order valence-corrected chi connectivity index (χ2v) is 5.70. The van der Waals surface area contributed by atoms with Crippen molar-refractivity contribution in [2.45, 2.75) is 44.2 Å². The van der Waals surface area contributed by atoms with Crippen LogP contribution in [0.1, 0.15) is 43.7 Å². The zero-order chi connectivity index (χ0) is 13.8. The second-order valence-electron chi connectivity index (χ2n) is 4.92. The van der Waals surface area contributed by atoms with Crippen LogP contribution in [0.5, 0.6) is 0 Å². The van der Waals surface area contributed by atoms with Gasteiger partial charge in [-0.1, -0.05) is 54.6 Å². The molecule has 1 aliphatic rings. The molecule has 0 aliphatic heterocycles. The molecule has 1 unspecified atom stereocenters. The molecule has 104 valence electrons. The summed E-state index contributed by atoms with van der Waals surface area (Å²) in [6.45, 7) is 0. The molecule has 19 heavy (non-hydrogen) atoms. The smallest absolute Gasteiger partial charge is 0.325 e. The van der Waals surface area contributed by atoms with E-state index in [4.69, 9.17) is 23.2 Å².